The van der Waals surface area contributed by atoms with Gasteiger partial charge in [-0.1, -0.05) is 18.2 Å². The van der Waals surface area contributed by atoms with Gasteiger partial charge in [0.05, 0.1) is 12.3 Å². The molecule has 2 N–H and O–H groups in total. The molecule has 2 amide bonds. The minimum absolute atomic E-state index is 0.0796. The van der Waals surface area contributed by atoms with Crippen molar-refractivity contribution in [3.63, 3.8) is 0 Å². The number of rotatable bonds is 1. The molecule has 1 aromatic rings. The maximum atomic E-state index is 12.4. The van der Waals surface area contributed by atoms with E-state index in [2.05, 4.69) is 0 Å². The van der Waals surface area contributed by atoms with Gasteiger partial charge < -0.3 is 15.1 Å². The lowest BCUT2D eigenvalue weighted by Gasteiger charge is -2.44. The van der Waals surface area contributed by atoms with E-state index in [1.54, 1.807) is 24.3 Å². The van der Waals surface area contributed by atoms with Gasteiger partial charge in [0.15, 0.2) is 0 Å². The maximum Gasteiger partial charge on any atom is 0.277 e. The lowest BCUT2D eigenvalue weighted by atomic mass is 10.0. The van der Waals surface area contributed by atoms with E-state index in [-0.39, 0.29) is 6.42 Å². The SMILES string of the molecule is CN1C(=O)[C@]2(O)Cc3ccccc3N2C(=O)[C@@H]1CO. The summed E-state index contributed by atoms with van der Waals surface area (Å²) in [6.07, 6.45) is 0.0796. The number of hydrogen-bond donors (Lipinski definition) is 2. The van der Waals surface area contributed by atoms with E-state index in [0.717, 1.165) is 15.4 Å². The number of anilines is 1. The Morgan fingerprint density at radius 3 is 2.74 bits per heavy atom. The van der Waals surface area contributed by atoms with Crippen LogP contribution in [0.3, 0.4) is 0 Å². The number of benzene rings is 1. The van der Waals surface area contributed by atoms with E-state index < -0.39 is 30.2 Å². The van der Waals surface area contributed by atoms with Crippen molar-refractivity contribution >= 4 is 17.5 Å². The predicted molar refractivity (Wildman–Crippen MR) is 66.2 cm³/mol. The fourth-order valence-corrected chi connectivity index (χ4v) is 2.83. The average Bonchev–Trinajstić information content (AvgIpc) is 2.70. The molecule has 2 aliphatic rings. The molecule has 0 aromatic heterocycles. The van der Waals surface area contributed by atoms with Gasteiger partial charge in [0.2, 0.25) is 5.72 Å². The Labute approximate surface area is 109 Å². The zero-order chi connectivity index (χ0) is 13.8. The van der Waals surface area contributed by atoms with Crippen molar-refractivity contribution in [3.05, 3.63) is 29.8 Å². The Morgan fingerprint density at radius 2 is 2.05 bits per heavy atom. The minimum Gasteiger partial charge on any atom is -0.394 e. The topological polar surface area (TPSA) is 81.1 Å². The van der Waals surface area contributed by atoms with Crippen LogP contribution in [0.5, 0.6) is 0 Å². The summed E-state index contributed by atoms with van der Waals surface area (Å²) in [4.78, 5) is 26.9. The molecular weight excluding hydrogens is 248 g/mol. The first kappa shape index (κ1) is 12.1. The van der Waals surface area contributed by atoms with Crippen molar-refractivity contribution in [2.45, 2.75) is 18.2 Å². The number of amides is 2. The Balaban J connectivity index is 2.16. The fraction of sp³-hybridized carbons (Fsp3) is 0.385. The van der Waals surface area contributed by atoms with Crippen LogP contribution in [0.1, 0.15) is 5.56 Å². The average molecular weight is 262 g/mol. The Kier molecular flexibility index (Phi) is 2.42. The number of aliphatic hydroxyl groups is 2. The smallest absolute Gasteiger partial charge is 0.277 e. The zero-order valence-corrected chi connectivity index (χ0v) is 10.4. The lowest BCUT2D eigenvalue weighted by Crippen LogP contribution is -2.71. The second kappa shape index (κ2) is 3.79. The molecule has 6 nitrogen and oxygen atoms in total. The first-order valence-electron chi connectivity index (χ1n) is 6.03. The highest BCUT2D eigenvalue weighted by molar-refractivity contribution is 6.11. The summed E-state index contributed by atoms with van der Waals surface area (Å²) >= 11 is 0. The van der Waals surface area contributed by atoms with Crippen LogP contribution in [-0.4, -0.2) is 52.3 Å². The lowest BCUT2D eigenvalue weighted by molar-refractivity contribution is -0.164. The van der Waals surface area contributed by atoms with Gasteiger partial charge in [0.25, 0.3) is 11.8 Å². The zero-order valence-electron chi connectivity index (χ0n) is 10.4. The molecule has 0 spiro atoms. The molecule has 2 heterocycles. The molecule has 0 aliphatic carbocycles. The second-order valence-electron chi connectivity index (χ2n) is 4.91. The molecule has 0 radical (unpaired) electrons. The van der Waals surface area contributed by atoms with Gasteiger partial charge >= 0.3 is 0 Å². The van der Waals surface area contributed by atoms with Gasteiger partial charge in [0.1, 0.15) is 6.04 Å². The number of piperazine rings is 1. The highest BCUT2D eigenvalue weighted by Gasteiger charge is 2.58. The van der Waals surface area contributed by atoms with E-state index >= 15 is 0 Å². The summed E-state index contributed by atoms with van der Waals surface area (Å²) in [7, 11) is 1.42. The first-order chi connectivity index (χ1) is 9.00. The van der Waals surface area contributed by atoms with Gasteiger partial charge in [-0.05, 0) is 11.6 Å². The number of carbonyl (C=O) groups is 2. The predicted octanol–water partition coefficient (Wildman–Crippen LogP) is -0.903. The molecule has 1 aromatic carbocycles. The summed E-state index contributed by atoms with van der Waals surface area (Å²) in [6.45, 7) is -0.462. The molecule has 2 atom stereocenters. The van der Waals surface area contributed by atoms with E-state index in [1.807, 2.05) is 0 Å². The van der Waals surface area contributed by atoms with Crippen molar-refractivity contribution in [2.75, 3.05) is 18.6 Å². The summed E-state index contributed by atoms with van der Waals surface area (Å²) in [6, 6.07) is 6.06. The molecular formula is C13H14N2O4. The largest absolute Gasteiger partial charge is 0.394 e. The molecule has 0 bridgehead atoms. The standard InChI is InChI=1S/C13H14N2O4/c1-14-10(7-16)11(17)15-9-5-3-2-4-8(9)6-13(15,19)12(14)18/h2-5,10,16,19H,6-7H2,1H3/t10-,13+/m0/s1. The van der Waals surface area contributed by atoms with Crippen molar-refractivity contribution in [3.8, 4) is 0 Å². The minimum atomic E-state index is -1.86. The highest BCUT2D eigenvalue weighted by atomic mass is 16.3. The number of hydrogen-bond acceptors (Lipinski definition) is 4. The Bertz CT molecular complexity index is 574. The fourth-order valence-electron chi connectivity index (χ4n) is 2.83. The van der Waals surface area contributed by atoms with Crippen molar-refractivity contribution in [1.29, 1.82) is 0 Å². The summed E-state index contributed by atoms with van der Waals surface area (Å²) in [5, 5.41) is 19.9. The van der Waals surface area contributed by atoms with Gasteiger partial charge in [-0.3, -0.25) is 14.5 Å². The van der Waals surface area contributed by atoms with E-state index in [4.69, 9.17) is 0 Å². The molecule has 2 aliphatic heterocycles. The molecule has 0 unspecified atom stereocenters. The molecule has 100 valence electrons. The second-order valence-corrected chi connectivity index (χ2v) is 4.91. The van der Waals surface area contributed by atoms with Gasteiger partial charge in [-0.25, -0.2) is 0 Å². The monoisotopic (exact) mass is 262 g/mol. The highest BCUT2D eigenvalue weighted by Crippen LogP contribution is 2.41. The van der Waals surface area contributed by atoms with Crippen LogP contribution in [0.2, 0.25) is 0 Å². The first-order valence-corrected chi connectivity index (χ1v) is 6.03. The summed E-state index contributed by atoms with van der Waals surface area (Å²) < 4.78 is 0. The molecule has 1 saturated heterocycles. The molecule has 0 saturated carbocycles. The van der Waals surface area contributed by atoms with Gasteiger partial charge in [0, 0.05) is 13.5 Å². The number of nitrogens with zero attached hydrogens (tertiary/aromatic N) is 2. The van der Waals surface area contributed by atoms with E-state index in [9.17, 15) is 19.8 Å². The van der Waals surface area contributed by atoms with Crippen LogP contribution in [0.25, 0.3) is 0 Å². The molecule has 3 rings (SSSR count). The Hall–Kier alpha value is -1.92. The van der Waals surface area contributed by atoms with Crippen LogP contribution in [0.15, 0.2) is 24.3 Å². The quantitative estimate of drug-likeness (QED) is 0.687. The van der Waals surface area contributed by atoms with Gasteiger partial charge in [-0.15, -0.1) is 0 Å². The molecule has 19 heavy (non-hydrogen) atoms. The number of para-hydroxylation sites is 1. The van der Waals surface area contributed by atoms with E-state index in [0.29, 0.717) is 5.69 Å². The number of likely N-dealkylation sites (N-methyl/N-ethyl adjacent to an activating group) is 1. The van der Waals surface area contributed by atoms with Crippen molar-refractivity contribution < 1.29 is 19.8 Å². The summed E-state index contributed by atoms with van der Waals surface area (Å²) in [5.41, 5.74) is -0.574. The number of fused-ring (bicyclic) bond motifs is 3. The van der Waals surface area contributed by atoms with Crippen LogP contribution in [0.4, 0.5) is 5.69 Å². The molecule has 1 fully saturated rings. The molecule has 6 heteroatoms. The number of carbonyl (C=O) groups excluding carboxylic acids is 2. The van der Waals surface area contributed by atoms with E-state index in [1.165, 1.54) is 7.05 Å². The van der Waals surface area contributed by atoms with Crippen LogP contribution >= 0.6 is 0 Å². The van der Waals surface area contributed by atoms with Crippen LogP contribution < -0.4 is 4.90 Å². The van der Waals surface area contributed by atoms with Gasteiger partial charge in [-0.2, -0.15) is 0 Å². The van der Waals surface area contributed by atoms with Crippen molar-refractivity contribution in [1.82, 2.24) is 4.90 Å². The maximum absolute atomic E-state index is 12.4. The van der Waals surface area contributed by atoms with Crippen molar-refractivity contribution in [2.24, 2.45) is 0 Å². The normalized spacial score (nSPS) is 29.5. The van der Waals surface area contributed by atoms with Crippen LogP contribution in [0, 0.1) is 0 Å². The summed E-state index contributed by atoms with van der Waals surface area (Å²) in [5.74, 6) is -1.03. The third-order valence-electron chi connectivity index (χ3n) is 3.85. The number of aliphatic hydroxyl groups excluding tert-OH is 1. The third kappa shape index (κ3) is 1.38. The van der Waals surface area contributed by atoms with Crippen LogP contribution in [-0.2, 0) is 16.0 Å². The third-order valence-corrected chi connectivity index (χ3v) is 3.85. The Morgan fingerprint density at radius 1 is 1.37 bits per heavy atom.